The molecule has 2 fully saturated rings. The first-order valence-corrected chi connectivity index (χ1v) is 8.65. The van der Waals surface area contributed by atoms with Crippen molar-refractivity contribution in [2.75, 3.05) is 13.7 Å². The lowest BCUT2D eigenvalue weighted by Crippen LogP contribution is -2.47. The monoisotopic (exact) mass is 312 g/mol. The third kappa shape index (κ3) is 5.13. The quantitative estimate of drug-likeness (QED) is 0.819. The van der Waals surface area contributed by atoms with Gasteiger partial charge in [-0.2, -0.15) is 0 Å². The van der Waals surface area contributed by atoms with E-state index in [4.69, 9.17) is 9.47 Å². The number of nitrogens with one attached hydrogen (secondary N) is 2. The summed E-state index contributed by atoms with van der Waals surface area (Å²) < 4.78 is 10.9. The smallest absolute Gasteiger partial charge is 0.407 e. The fourth-order valence-electron chi connectivity index (χ4n) is 3.70. The Kier molecular flexibility index (Phi) is 6.09. The molecule has 0 radical (unpaired) electrons. The van der Waals surface area contributed by atoms with Crippen molar-refractivity contribution < 1.29 is 14.3 Å². The van der Waals surface area contributed by atoms with E-state index in [2.05, 4.69) is 10.6 Å². The molecule has 5 nitrogen and oxygen atoms in total. The van der Waals surface area contributed by atoms with Crippen LogP contribution in [0.25, 0.3) is 0 Å². The number of carbonyl (C=O) groups excluding carboxylic acids is 1. The number of carbonyl (C=O) groups is 1. The highest BCUT2D eigenvalue weighted by molar-refractivity contribution is 5.67. The average molecular weight is 312 g/mol. The molecule has 0 heterocycles. The van der Waals surface area contributed by atoms with Gasteiger partial charge in [0.15, 0.2) is 0 Å². The molecule has 2 aliphatic rings. The molecule has 0 spiro atoms. The van der Waals surface area contributed by atoms with Gasteiger partial charge >= 0.3 is 6.09 Å². The summed E-state index contributed by atoms with van der Waals surface area (Å²) in [6.45, 7) is 6.35. The van der Waals surface area contributed by atoms with Crippen LogP contribution in [0.1, 0.15) is 59.3 Å². The number of methoxy groups -OCH3 is 1. The van der Waals surface area contributed by atoms with Crippen LogP contribution in [0, 0.1) is 5.92 Å². The minimum absolute atomic E-state index is 0.311. The Morgan fingerprint density at radius 3 is 2.45 bits per heavy atom. The summed E-state index contributed by atoms with van der Waals surface area (Å²) in [6.07, 6.45) is 7.20. The predicted octanol–water partition coefficient (Wildman–Crippen LogP) is 2.84. The Balaban J connectivity index is 1.77. The molecule has 2 aliphatic carbocycles. The van der Waals surface area contributed by atoms with E-state index in [0.717, 1.165) is 12.8 Å². The Labute approximate surface area is 134 Å². The Morgan fingerprint density at radius 1 is 1.09 bits per heavy atom. The van der Waals surface area contributed by atoms with Gasteiger partial charge < -0.3 is 20.1 Å². The minimum Gasteiger partial charge on any atom is -0.444 e. The van der Waals surface area contributed by atoms with E-state index < -0.39 is 5.60 Å². The van der Waals surface area contributed by atoms with Crippen LogP contribution in [0.15, 0.2) is 0 Å². The van der Waals surface area contributed by atoms with E-state index in [0.29, 0.717) is 30.7 Å². The summed E-state index contributed by atoms with van der Waals surface area (Å²) in [6, 6.07) is 0.952. The molecule has 128 valence electrons. The van der Waals surface area contributed by atoms with Crippen molar-refractivity contribution in [2.24, 2.45) is 5.92 Å². The van der Waals surface area contributed by atoms with E-state index in [9.17, 15) is 4.79 Å². The van der Waals surface area contributed by atoms with Gasteiger partial charge in [0.05, 0.1) is 6.10 Å². The van der Waals surface area contributed by atoms with Crippen molar-refractivity contribution in [1.82, 2.24) is 10.6 Å². The van der Waals surface area contributed by atoms with Crippen molar-refractivity contribution in [3.8, 4) is 0 Å². The topological polar surface area (TPSA) is 59.6 Å². The maximum atomic E-state index is 11.8. The summed E-state index contributed by atoms with van der Waals surface area (Å²) in [5, 5.41) is 6.71. The van der Waals surface area contributed by atoms with E-state index in [1.807, 2.05) is 20.8 Å². The molecule has 22 heavy (non-hydrogen) atoms. The number of rotatable bonds is 5. The molecule has 0 saturated heterocycles. The highest BCUT2D eigenvalue weighted by Gasteiger charge is 2.34. The van der Waals surface area contributed by atoms with Crippen LogP contribution >= 0.6 is 0 Å². The molecule has 5 heteroatoms. The molecule has 1 amide bonds. The zero-order valence-electron chi connectivity index (χ0n) is 14.5. The summed E-state index contributed by atoms with van der Waals surface area (Å²) in [4.78, 5) is 11.8. The standard InChI is InChI=1S/C17H32N2O3/c1-17(2,3)22-16(20)18-11-12-7-5-8-13(12)19-14-9-6-10-15(14)21-4/h12-15,19H,5-11H2,1-4H3,(H,18,20). The van der Waals surface area contributed by atoms with Crippen molar-refractivity contribution >= 4 is 6.09 Å². The van der Waals surface area contributed by atoms with Gasteiger partial charge in [-0.05, 0) is 58.8 Å². The third-order valence-corrected chi connectivity index (χ3v) is 4.75. The molecule has 0 aliphatic heterocycles. The van der Waals surface area contributed by atoms with Gasteiger partial charge in [-0.15, -0.1) is 0 Å². The summed E-state index contributed by atoms with van der Waals surface area (Å²) in [5.74, 6) is 0.491. The molecule has 0 aromatic heterocycles. The second-order valence-electron chi connectivity index (χ2n) is 7.66. The lowest BCUT2D eigenvalue weighted by molar-refractivity contribution is 0.0512. The van der Waals surface area contributed by atoms with E-state index in [1.165, 1.54) is 25.7 Å². The van der Waals surface area contributed by atoms with Crippen molar-refractivity contribution in [1.29, 1.82) is 0 Å². The normalized spacial score (nSPS) is 32.2. The Bertz CT molecular complexity index is 367. The van der Waals surface area contributed by atoms with Gasteiger partial charge in [-0.25, -0.2) is 4.79 Å². The summed E-state index contributed by atoms with van der Waals surface area (Å²) in [7, 11) is 1.81. The molecular formula is C17H32N2O3. The lowest BCUT2D eigenvalue weighted by Gasteiger charge is -2.28. The van der Waals surface area contributed by atoms with Crippen LogP contribution in [0.4, 0.5) is 4.79 Å². The number of hydrogen-bond donors (Lipinski definition) is 2. The maximum absolute atomic E-state index is 11.8. The molecule has 2 saturated carbocycles. The zero-order chi connectivity index (χ0) is 16.2. The molecule has 0 bridgehead atoms. The molecule has 4 unspecified atom stereocenters. The molecular weight excluding hydrogens is 280 g/mol. The van der Waals surface area contributed by atoms with Crippen molar-refractivity contribution in [2.45, 2.75) is 83.1 Å². The third-order valence-electron chi connectivity index (χ3n) is 4.75. The van der Waals surface area contributed by atoms with E-state index in [-0.39, 0.29) is 6.09 Å². The molecule has 2 rings (SSSR count). The van der Waals surface area contributed by atoms with Gasteiger partial charge in [0, 0.05) is 25.7 Å². The lowest BCUT2D eigenvalue weighted by atomic mass is 10.0. The van der Waals surface area contributed by atoms with Gasteiger partial charge in [-0.3, -0.25) is 0 Å². The second kappa shape index (κ2) is 7.64. The van der Waals surface area contributed by atoms with Crippen molar-refractivity contribution in [3.63, 3.8) is 0 Å². The van der Waals surface area contributed by atoms with Crippen LogP contribution in [0.3, 0.4) is 0 Å². The highest BCUT2D eigenvalue weighted by atomic mass is 16.6. The first-order valence-electron chi connectivity index (χ1n) is 8.65. The molecule has 2 N–H and O–H groups in total. The highest BCUT2D eigenvalue weighted by Crippen LogP contribution is 2.29. The van der Waals surface area contributed by atoms with Crippen LogP contribution in [0.5, 0.6) is 0 Å². The zero-order valence-corrected chi connectivity index (χ0v) is 14.5. The molecule has 0 aromatic carbocycles. The van der Waals surface area contributed by atoms with Gasteiger partial charge in [0.2, 0.25) is 0 Å². The molecule has 4 atom stereocenters. The number of amides is 1. The van der Waals surface area contributed by atoms with Gasteiger partial charge in [-0.1, -0.05) is 6.42 Å². The molecule has 0 aromatic rings. The number of hydrogen-bond acceptors (Lipinski definition) is 4. The van der Waals surface area contributed by atoms with Crippen LogP contribution in [-0.2, 0) is 9.47 Å². The maximum Gasteiger partial charge on any atom is 0.407 e. The number of ether oxygens (including phenoxy) is 2. The van der Waals surface area contributed by atoms with E-state index >= 15 is 0 Å². The largest absolute Gasteiger partial charge is 0.444 e. The minimum atomic E-state index is -0.438. The Hall–Kier alpha value is -0.810. The first kappa shape index (κ1) is 17.5. The van der Waals surface area contributed by atoms with Crippen LogP contribution < -0.4 is 10.6 Å². The van der Waals surface area contributed by atoms with Crippen molar-refractivity contribution in [3.05, 3.63) is 0 Å². The fourth-order valence-corrected chi connectivity index (χ4v) is 3.70. The SMILES string of the molecule is COC1CCCC1NC1CCCC1CNC(=O)OC(C)(C)C. The van der Waals surface area contributed by atoms with Gasteiger partial charge in [0.25, 0.3) is 0 Å². The number of alkyl carbamates (subject to hydrolysis) is 1. The Morgan fingerprint density at radius 2 is 1.77 bits per heavy atom. The van der Waals surface area contributed by atoms with Crippen LogP contribution in [0.2, 0.25) is 0 Å². The van der Waals surface area contributed by atoms with Crippen LogP contribution in [-0.4, -0.2) is 43.5 Å². The summed E-state index contributed by atoms with van der Waals surface area (Å²) in [5.41, 5.74) is -0.438. The van der Waals surface area contributed by atoms with E-state index in [1.54, 1.807) is 7.11 Å². The second-order valence-corrected chi connectivity index (χ2v) is 7.66. The fraction of sp³-hybridized carbons (Fsp3) is 0.941. The summed E-state index contributed by atoms with van der Waals surface area (Å²) >= 11 is 0. The van der Waals surface area contributed by atoms with Gasteiger partial charge in [0.1, 0.15) is 5.60 Å². The predicted molar refractivity (Wildman–Crippen MR) is 86.9 cm³/mol. The first-order chi connectivity index (χ1) is 10.4. The average Bonchev–Trinajstić information content (AvgIpc) is 3.04.